The molecule has 0 amide bonds. The number of halogens is 2. The lowest BCUT2D eigenvalue weighted by atomic mass is 9.85. The molecule has 34 heavy (non-hydrogen) atoms. The maximum Gasteiger partial charge on any atom is 0.0260 e. The van der Waals surface area contributed by atoms with Crippen molar-refractivity contribution in [3.8, 4) is 22.3 Å². The van der Waals surface area contributed by atoms with E-state index in [4.69, 9.17) is 0 Å². The molecule has 6 rings (SSSR count). The first-order valence-corrected chi connectivity index (χ1v) is 13.2. The normalized spacial score (nSPS) is 11.8. The Hall–Kier alpha value is -2.68. The average molecular weight is 568 g/mol. The van der Waals surface area contributed by atoms with Gasteiger partial charge in [-0.3, -0.25) is 0 Å². The smallest absolute Gasteiger partial charge is 0.0260 e. The van der Waals surface area contributed by atoms with Crippen molar-refractivity contribution in [2.75, 3.05) is 0 Å². The van der Waals surface area contributed by atoms with E-state index >= 15 is 0 Å². The topological polar surface area (TPSA) is 0 Å². The number of aryl methyl sites for hydroxylation is 4. The van der Waals surface area contributed by atoms with Crippen LogP contribution < -0.4 is 0 Å². The lowest BCUT2D eigenvalue weighted by molar-refractivity contribution is 1.40. The first-order valence-electron chi connectivity index (χ1n) is 11.6. The van der Waals surface area contributed by atoms with Crippen LogP contribution in [0, 0.1) is 27.7 Å². The molecule has 0 spiro atoms. The number of rotatable bonds is 2. The molecule has 0 bridgehead atoms. The fourth-order valence-corrected chi connectivity index (χ4v) is 6.52. The molecule has 0 aromatic heterocycles. The second-order valence-corrected chi connectivity index (χ2v) is 11.2. The summed E-state index contributed by atoms with van der Waals surface area (Å²) < 4.78 is 2.28. The molecule has 0 fully saturated rings. The molecule has 0 saturated heterocycles. The first-order chi connectivity index (χ1) is 16.3. The van der Waals surface area contributed by atoms with Gasteiger partial charge in [0.1, 0.15) is 0 Å². The lowest BCUT2D eigenvalue weighted by Gasteiger charge is -2.20. The van der Waals surface area contributed by atoms with E-state index in [2.05, 4.69) is 132 Å². The van der Waals surface area contributed by atoms with E-state index in [1.54, 1.807) is 0 Å². The molecule has 2 heteroatoms. The molecule has 0 atom stereocenters. The summed E-state index contributed by atoms with van der Waals surface area (Å²) in [4.78, 5) is 0. The zero-order chi connectivity index (χ0) is 23.7. The zero-order valence-electron chi connectivity index (χ0n) is 19.7. The SMILES string of the molecule is Cc1ccc(C)c(-c2cc(Br)c3ccc4c(-c5cc(C)ccc5C)cc(Br)c5ccc2c3c54)c1. The summed E-state index contributed by atoms with van der Waals surface area (Å²) in [6.45, 7) is 8.74. The highest BCUT2D eigenvalue weighted by Crippen LogP contribution is 2.47. The summed E-state index contributed by atoms with van der Waals surface area (Å²) in [6, 6.07) is 27.2. The molecule has 0 unspecified atom stereocenters. The predicted octanol–water partition coefficient (Wildman–Crippen LogP) is 10.7. The Labute approximate surface area is 217 Å². The minimum atomic E-state index is 1.14. The highest BCUT2D eigenvalue weighted by atomic mass is 79.9. The standard InChI is InChI=1S/C32H24Br2/c1-17-5-7-19(3)25(13-17)27-15-29(33)23-12-10-22-28(26-14-18(2)6-8-20(26)4)16-30(34)24-11-9-21(27)31(23)32(22)24/h5-16H,1-4H3. The highest BCUT2D eigenvalue weighted by molar-refractivity contribution is 9.11. The van der Waals surface area contributed by atoms with Crippen LogP contribution in [0.5, 0.6) is 0 Å². The molecule has 0 radical (unpaired) electrons. The summed E-state index contributed by atoms with van der Waals surface area (Å²) in [7, 11) is 0. The Morgan fingerprint density at radius 1 is 0.412 bits per heavy atom. The van der Waals surface area contributed by atoms with Gasteiger partial charge in [-0.25, -0.2) is 0 Å². The van der Waals surface area contributed by atoms with Crippen molar-refractivity contribution in [3.05, 3.63) is 104 Å². The fraction of sp³-hybridized carbons (Fsp3) is 0.125. The molecule has 0 aliphatic carbocycles. The van der Waals surface area contributed by atoms with Gasteiger partial charge < -0.3 is 0 Å². The van der Waals surface area contributed by atoms with Crippen molar-refractivity contribution in [3.63, 3.8) is 0 Å². The van der Waals surface area contributed by atoms with Crippen LogP contribution in [0.25, 0.3) is 54.6 Å². The molecule has 0 saturated carbocycles. The number of benzene rings is 6. The quantitative estimate of drug-likeness (QED) is 0.182. The number of hydrogen-bond donors (Lipinski definition) is 0. The number of hydrogen-bond acceptors (Lipinski definition) is 0. The highest BCUT2D eigenvalue weighted by Gasteiger charge is 2.19. The largest absolute Gasteiger partial charge is 0.0590 e. The Balaban J connectivity index is 1.81. The molecule has 0 aliphatic heterocycles. The molecule has 166 valence electrons. The maximum absolute atomic E-state index is 3.92. The third-order valence-corrected chi connectivity index (χ3v) is 8.48. The summed E-state index contributed by atoms with van der Waals surface area (Å²) in [5.41, 5.74) is 10.3. The summed E-state index contributed by atoms with van der Waals surface area (Å²) in [5, 5.41) is 7.77. The predicted molar refractivity (Wildman–Crippen MR) is 155 cm³/mol. The Bertz CT molecular complexity index is 1630. The van der Waals surface area contributed by atoms with Gasteiger partial charge in [0.15, 0.2) is 0 Å². The molecule has 0 N–H and O–H groups in total. The van der Waals surface area contributed by atoms with Crippen molar-refractivity contribution in [2.45, 2.75) is 27.7 Å². The zero-order valence-corrected chi connectivity index (χ0v) is 22.9. The van der Waals surface area contributed by atoms with Crippen LogP contribution >= 0.6 is 31.9 Å². The second-order valence-electron chi connectivity index (χ2n) is 9.52. The van der Waals surface area contributed by atoms with Crippen molar-refractivity contribution in [1.29, 1.82) is 0 Å². The lowest BCUT2D eigenvalue weighted by Crippen LogP contribution is -1.93. The summed E-state index contributed by atoms with van der Waals surface area (Å²) in [5.74, 6) is 0. The van der Waals surface area contributed by atoms with E-state index in [1.165, 1.54) is 76.8 Å². The minimum Gasteiger partial charge on any atom is -0.0590 e. The Morgan fingerprint density at radius 3 is 1.21 bits per heavy atom. The van der Waals surface area contributed by atoms with Gasteiger partial charge in [0, 0.05) is 8.95 Å². The molecule has 0 nitrogen and oxygen atoms in total. The minimum absolute atomic E-state index is 1.14. The molecular weight excluding hydrogens is 544 g/mol. The molecule has 0 heterocycles. The van der Waals surface area contributed by atoms with Crippen LogP contribution in [-0.4, -0.2) is 0 Å². The molecule has 0 aliphatic rings. The van der Waals surface area contributed by atoms with E-state index in [1.807, 2.05) is 0 Å². The Morgan fingerprint density at radius 2 is 0.794 bits per heavy atom. The molecule has 6 aromatic rings. The second kappa shape index (κ2) is 7.93. The van der Waals surface area contributed by atoms with Gasteiger partial charge in [-0.1, -0.05) is 104 Å². The van der Waals surface area contributed by atoms with Gasteiger partial charge in [0.2, 0.25) is 0 Å². The van der Waals surface area contributed by atoms with Crippen molar-refractivity contribution in [2.24, 2.45) is 0 Å². The summed E-state index contributed by atoms with van der Waals surface area (Å²) >= 11 is 7.85. The monoisotopic (exact) mass is 566 g/mol. The van der Waals surface area contributed by atoms with Crippen molar-refractivity contribution >= 4 is 64.2 Å². The van der Waals surface area contributed by atoms with Crippen LogP contribution in [0.4, 0.5) is 0 Å². The average Bonchev–Trinajstić information content (AvgIpc) is 2.82. The van der Waals surface area contributed by atoms with Crippen LogP contribution in [0.2, 0.25) is 0 Å². The third-order valence-electron chi connectivity index (χ3n) is 7.16. The van der Waals surface area contributed by atoms with Crippen LogP contribution in [0.3, 0.4) is 0 Å². The summed E-state index contributed by atoms with van der Waals surface area (Å²) in [6.07, 6.45) is 0. The van der Waals surface area contributed by atoms with Gasteiger partial charge in [0.05, 0.1) is 0 Å². The first kappa shape index (κ1) is 21.8. The third kappa shape index (κ3) is 3.23. The van der Waals surface area contributed by atoms with Gasteiger partial charge in [0.25, 0.3) is 0 Å². The van der Waals surface area contributed by atoms with Gasteiger partial charge in [-0.2, -0.15) is 0 Å². The fourth-order valence-electron chi connectivity index (χ4n) is 5.40. The van der Waals surface area contributed by atoms with E-state index in [9.17, 15) is 0 Å². The van der Waals surface area contributed by atoms with E-state index in [0.717, 1.165) is 8.95 Å². The maximum atomic E-state index is 3.92. The molecule has 6 aromatic carbocycles. The Kier molecular flexibility index (Phi) is 5.09. The molecular formula is C32H24Br2. The van der Waals surface area contributed by atoms with Crippen LogP contribution in [0.15, 0.2) is 81.7 Å². The van der Waals surface area contributed by atoms with E-state index < -0.39 is 0 Å². The van der Waals surface area contributed by atoms with Crippen LogP contribution in [-0.2, 0) is 0 Å². The van der Waals surface area contributed by atoms with Crippen LogP contribution in [0.1, 0.15) is 22.3 Å². The van der Waals surface area contributed by atoms with E-state index in [0.29, 0.717) is 0 Å². The van der Waals surface area contributed by atoms with Crippen molar-refractivity contribution in [1.82, 2.24) is 0 Å². The van der Waals surface area contributed by atoms with Gasteiger partial charge in [-0.05, 0) is 106 Å². The van der Waals surface area contributed by atoms with Gasteiger partial charge >= 0.3 is 0 Å². The van der Waals surface area contributed by atoms with Gasteiger partial charge in [-0.15, -0.1) is 0 Å². The van der Waals surface area contributed by atoms with Crippen molar-refractivity contribution < 1.29 is 0 Å². The van der Waals surface area contributed by atoms with E-state index in [-0.39, 0.29) is 0 Å².